The van der Waals surface area contributed by atoms with E-state index in [4.69, 9.17) is 22.1 Å². The van der Waals surface area contributed by atoms with Gasteiger partial charge in [0.15, 0.2) is 5.15 Å². The zero-order valence-corrected chi connectivity index (χ0v) is 18.8. The number of unbranched alkanes of at least 4 members (excludes halogenated alkanes) is 1. The third kappa shape index (κ3) is 5.00. The average molecular weight is 456 g/mol. The Bertz CT molecular complexity index is 1110. The molecule has 7 nitrogen and oxygen atoms in total. The lowest BCUT2D eigenvalue weighted by molar-refractivity contribution is -0.142. The van der Waals surface area contributed by atoms with Crippen molar-refractivity contribution in [3.8, 4) is 11.1 Å². The van der Waals surface area contributed by atoms with Gasteiger partial charge in [-0.15, -0.1) is 0 Å². The highest BCUT2D eigenvalue weighted by Crippen LogP contribution is 2.28. The molecule has 0 radical (unpaired) electrons. The number of carbonyl (C=O) groups excluding carboxylic acids is 1. The van der Waals surface area contributed by atoms with Crippen LogP contribution in [0.1, 0.15) is 53.2 Å². The molecule has 0 aliphatic heterocycles. The molecule has 0 saturated heterocycles. The Balaban J connectivity index is 2.06. The molecule has 1 heterocycles. The summed E-state index contributed by atoms with van der Waals surface area (Å²) in [5, 5.41) is 9.97. The van der Waals surface area contributed by atoms with Gasteiger partial charge in [-0.2, -0.15) is 0 Å². The van der Waals surface area contributed by atoms with Gasteiger partial charge in [-0.05, 0) is 29.2 Å². The molecule has 8 heteroatoms. The van der Waals surface area contributed by atoms with E-state index in [0.717, 1.165) is 24.0 Å². The first-order valence-electron chi connectivity index (χ1n) is 10.4. The summed E-state index contributed by atoms with van der Waals surface area (Å²) in [4.78, 5) is 28.5. The summed E-state index contributed by atoms with van der Waals surface area (Å²) in [6.45, 7) is 2.34. The maximum Gasteiger partial charge on any atom is 0.336 e. The fourth-order valence-electron chi connectivity index (χ4n) is 3.64. The van der Waals surface area contributed by atoms with E-state index in [9.17, 15) is 14.7 Å². The van der Waals surface area contributed by atoms with Crippen LogP contribution in [0.5, 0.6) is 0 Å². The third-order valence-electron chi connectivity index (χ3n) is 5.28. The minimum atomic E-state index is -1.10. The number of benzene rings is 2. The van der Waals surface area contributed by atoms with Gasteiger partial charge >= 0.3 is 11.9 Å². The number of aromatic carboxylic acids is 1. The first kappa shape index (κ1) is 23.5. The number of nitrogens with two attached hydrogens (primary N) is 1. The lowest BCUT2D eigenvalue weighted by atomic mass is 9.97. The molecule has 1 unspecified atom stereocenters. The number of methoxy groups -OCH3 is 1. The Hall–Kier alpha value is -3.16. The number of hydrogen-bond donors (Lipinski definition) is 2. The Morgan fingerprint density at radius 3 is 2.56 bits per heavy atom. The highest BCUT2D eigenvalue weighted by atomic mass is 35.5. The van der Waals surface area contributed by atoms with Crippen LogP contribution in [0.15, 0.2) is 48.5 Å². The van der Waals surface area contributed by atoms with Gasteiger partial charge in [0.1, 0.15) is 11.9 Å². The van der Waals surface area contributed by atoms with Crippen LogP contribution in [0, 0.1) is 0 Å². The minimum absolute atomic E-state index is 0.147. The van der Waals surface area contributed by atoms with Gasteiger partial charge in [-0.3, -0.25) is 0 Å². The predicted molar refractivity (Wildman–Crippen MR) is 123 cm³/mol. The van der Waals surface area contributed by atoms with Gasteiger partial charge in [0.2, 0.25) is 0 Å². The molecular weight excluding hydrogens is 430 g/mol. The molecular formula is C24H26ClN3O4. The van der Waals surface area contributed by atoms with Gasteiger partial charge < -0.3 is 20.1 Å². The highest BCUT2D eigenvalue weighted by Gasteiger charge is 2.27. The average Bonchev–Trinajstić information content (AvgIpc) is 3.11. The second-order valence-corrected chi connectivity index (χ2v) is 7.80. The number of rotatable bonds is 9. The maximum absolute atomic E-state index is 12.1. The molecule has 3 N–H and O–H groups in total. The quantitative estimate of drug-likeness (QED) is 0.461. The van der Waals surface area contributed by atoms with E-state index in [2.05, 4.69) is 11.9 Å². The molecule has 0 bridgehead atoms. The molecule has 3 aromatic rings. The molecule has 0 aliphatic carbocycles. The molecule has 168 valence electrons. The zero-order valence-electron chi connectivity index (χ0n) is 18.0. The van der Waals surface area contributed by atoms with E-state index in [1.54, 1.807) is 16.7 Å². The number of esters is 1. The number of nitrogens with zero attached hydrogens (tertiary/aromatic N) is 2. The summed E-state index contributed by atoms with van der Waals surface area (Å²) >= 11 is 6.36. The smallest absolute Gasteiger partial charge is 0.336 e. The Morgan fingerprint density at radius 1 is 1.22 bits per heavy atom. The molecule has 0 spiro atoms. The maximum atomic E-state index is 12.1. The van der Waals surface area contributed by atoms with Crippen molar-refractivity contribution in [3.05, 3.63) is 76.3 Å². The number of aromatic nitrogens is 2. The summed E-state index contributed by atoms with van der Waals surface area (Å²) in [6, 6.07) is 13.5. The second-order valence-electron chi connectivity index (χ2n) is 7.45. The van der Waals surface area contributed by atoms with Crippen molar-refractivity contribution in [2.24, 2.45) is 5.73 Å². The van der Waals surface area contributed by atoms with E-state index in [1.807, 2.05) is 36.4 Å². The molecule has 2 aromatic carbocycles. The number of halogens is 1. The van der Waals surface area contributed by atoms with Crippen LogP contribution in [0.3, 0.4) is 0 Å². The van der Waals surface area contributed by atoms with Gasteiger partial charge in [0.05, 0.1) is 18.4 Å². The summed E-state index contributed by atoms with van der Waals surface area (Å²) in [5.41, 5.74) is 8.83. The summed E-state index contributed by atoms with van der Waals surface area (Å²) < 4.78 is 6.59. The van der Waals surface area contributed by atoms with Crippen molar-refractivity contribution in [2.75, 3.05) is 7.11 Å². The van der Waals surface area contributed by atoms with Crippen molar-refractivity contribution in [2.45, 2.75) is 38.8 Å². The normalized spacial score (nSPS) is 11.9. The SMILES string of the molecule is CCCCc1nc(Cl)c(C(N)C(=O)OC)n1Cc1ccc(-c2ccccc2)c(C(=O)O)c1. The lowest BCUT2D eigenvalue weighted by Crippen LogP contribution is -2.26. The van der Waals surface area contributed by atoms with Crippen LogP contribution < -0.4 is 5.73 Å². The van der Waals surface area contributed by atoms with Crippen LogP contribution >= 0.6 is 11.6 Å². The molecule has 1 aromatic heterocycles. The summed E-state index contributed by atoms with van der Waals surface area (Å²) in [6.07, 6.45) is 2.49. The van der Waals surface area contributed by atoms with Crippen LogP contribution in [0.4, 0.5) is 0 Å². The predicted octanol–water partition coefficient (Wildman–Crippen LogP) is 4.47. The molecule has 1 atom stereocenters. The number of imidazole rings is 1. The van der Waals surface area contributed by atoms with Crippen LogP contribution in [0.25, 0.3) is 11.1 Å². The fraction of sp³-hybridized carbons (Fsp3) is 0.292. The number of hydrogen-bond acceptors (Lipinski definition) is 5. The van der Waals surface area contributed by atoms with Crippen molar-refractivity contribution >= 4 is 23.5 Å². The van der Waals surface area contributed by atoms with E-state index in [1.165, 1.54) is 7.11 Å². The Labute approximate surface area is 191 Å². The topological polar surface area (TPSA) is 107 Å². The van der Waals surface area contributed by atoms with Gasteiger partial charge in [0.25, 0.3) is 0 Å². The summed E-state index contributed by atoms with van der Waals surface area (Å²) in [5.74, 6) is -0.956. The molecule has 0 saturated carbocycles. The number of carboxylic acids is 1. The monoisotopic (exact) mass is 455 g/mol. The number of carboxylic acid groups (broad SMARTS) is 1. The van der Waals surface area contributed by atoms with Gasteiger partial charge in [-0.1, -0.05) is 67.4 Å². The first-order valence-corrected chi connectivity index (χ1v) is 10.7. The Morgan fingerprint density at radius 2 is 1.94 bits per heavy atom. The second kappa shape index (κ2) is 10.4. The van der Waals surface area contributed by atoms with E-state index < -0.39 is 18.0 Å². The fourth-order valence-corrected chi connectivity index (χ4v) is 3.95. The lowest BCUT2D eigenvalue weighted by Gasteiger charge is -2.17. The Kier molecular flexibility index (Phi) is 7.66. The first-order chi connectivity index (χ1) is 15.4. The van der Waals surface area contributed by atoms with Crippen LogP contribution in [-0.2, 0) is 22.5 Å². The van der Waals surface area contributed by atoms with Gasteiger partial charge in [0, 0.05) is 13.0 Å². The molecule has 32 heavy (non-hydrogen) atoms. The molecule has 0 amide bonds. The molecule has 3 rings (SSSR count). The zero-order chi connectivity index (χ0) is 23.3. The number of ether oxygens (including phenoxy) is 1. The van der Waals surface area contributed by atoms with E-state index >= 15 is 0 Å². The third-order valence-corrected chi connectivity index (χ3v) is 5.56. The number of aryl methyl sites for hydroxylation is 1. The minimum Gasteiger partial charge on any atom is -0.478 e. The van der Waals surface area contributed by atoms with E-state index in [0.29, 0.717) is 23.5 Å². The van der Waals surface area contributed by atoms with Crippen LogP contribution in [0.2, 0.25) is 5.15 Å². The van der Waals surface area contributed by atoms with Crippen molar-refractivity contribution < 1.29 is 19.4 Å². The van der Waals surface area contributed by atoms with Crippen molar-refractivity contribution in [1.82, 2.24) is 9.55 Å². The molecule has 0 fully saturated rings. The largest absolute Gasteiger partial charge is 0.478 e. The van der Waals surface area contributed by atoms with Gasteiger partial charge in [-0.25, -0.2) is 14.6 Å². The van der Waals surface area contributed by atoms with Crippen molar-refractivity contribution in [3.63, 3.8) is 0 Å². The highest BCUT2D eigenvalue weighted by molar-refractivity contribution is 6.30. The van der Waals surface area contributed by atoms with E-state index in [-0.39, 0.29) is 17.3 Å². The molecule has 0 aliphatic rings. The van der Waals surface area contributed by atoms with Crippen molar-refractivity contribution in [1.29, 1.82) is 0 Å². The number of carbonyl (C=O) groups is 2. The van der Waals surface area contributed by atoms with Crippen LogP contribution in [-0.4, -0.2) is 33.7 Å². The standard InChI is InChI=1S/C24H26ClN3O4/c1-3-4-10-19-27-22(25)21(20(26)24(31)32-2)28(19)14-15-11-12-17(18(13-15)23(29)30)16-8-6-5-7-9-16/h5-9,11-13,20H,3-4,10,14,26H2,1-2H3,(H,29,30). The summed E-state index contributed by atoms with van der Waals surface area (Å²) in [7, 11) is 1.26.